The number of rotatable bonds is 4. The van der Waals surface area contributed by atoms with Gasteiger partial charge in [0, 0.05) is 24.8 Å². The van der Waals surface area contributed by atoms with E-state index >= 15 is 0 Å². The second kappa shape index (κ2) is 8.06. The van der Waals surface area contributed by atoms with Crippen molar-refractivity contribution in [2.45, 2.75) is 30.7 Å². The summed E-state index contributed by atoms with van der Waals surface area (Å²) in [5, 5.41) is 5.63. The van der Waals surface area contributed by atoms with Gasteiger partial charge in [-0.3, -0.25) is 0 Å². The maximum Gasteiger partial charge on any atom is 0.319 e. The molecule has 144 valence electrons. The average Bonchev–Trinajstić information content (AvgIpc) is 2.65. The number of urea groups is 1. The van der Waals surface area contributed by atoms with Gasteiger partial charge in [-0.1, -0.05) is 18.2 Å². The van der Waals surface area contributed by atoms with E-state index in [2.05, 4.69) is 10.6 Å². The molecule has 1 heterocycles. The van der Waals surface area contributed by atoms with Crippen LogP contribution in [0.15, 0.2) is 53.4 Å². The van der Waals surface area contributed by atoms with Gasteiger partial charge in [-0.2, -0.15) is 4.31 Å². The van der Waals surface area contributed by atoms with E-state index in [0.29, 0.717) is 37.2 Å². The lowest BCUT2D eigenvalue weighted by Crippen LogP contribution is -2.47. The second-order valence-corrected chi connectivity index (χ2v) is 8.49. The Bertz CT molecular complexity index is 911. The molecule has 1 aliphatic rings. The number of carbonyl (C=O) groups is 1. The molecule has 0 atom stereocenters. The molecule has 2 aromatic carbocycles. The monoisotopic (exact) mass is 391 g/mol. The van der Waals surface area contributed by atoms with Crippen LogP contribution in [0.5, 0.6) is 0 Å². The molecule has 8 heteroatoms. The fourth-order valence-electron chi connectivity index (χ4n) is 3.04. The number of amides is 2. The van der Waals surface area contributed by atoms with Crippen LogP contribution >= 0.6 is 0 Å². The molecule has 3 rings (SSSR count). The summed E-state index contributed by atoms with van der Waals surface area (Å²) in [5.41, 5.74) is 0.993. The van der Waals surface area contributed by atoms with Gasteiger partial charge in [-0.15, -0.1) is 0 Å². The van der Waals surface area contributed by atoms with Gasteiger partial charge in [0.1, 0.15) is 5.82 Å². The summed E-state index contributed by atoms with van der Waals surface area (Å²) in [5.74, 6) is -0.429. The smallest absolute Gasteiger partial charge is 0.319 e. The van der Waals surface area contributed by atoms with Gasteiger partial charge in [0.15, 0.2) is 0 Å². The Balaban J connectivity index is 1.56. The van der Waals surface area contributed by atoms with E-state index in [4.69, 9.17) is 0 Å². The van der Waals surface area contributed by atoms with Crippen molar-refractivity contribution in [3.05, 3.63) is 59.9 Å². The number of piperidine rings is 1. The molecule has 27 heavy (non-hydrogen) atoms. The summed E-state index contributed by atoms with van der Waals surface area (Å²) >= 11 is 0. The Morgan fingerprint density at radius 1 is 1.11 bits per heavy atom. The third kappa shape index (κ3) is 4.64. The Morgan fingerprint density at radius 2 is 1.78 bits per heavy atom. The number of carbonyl (C=O) groups excluding carboxylic acids is 1. The van der Waals surface area contributed by atoms with E-state index in [1.165, 1.54) is 29.4 Å². The SMILES string of the molecule is Cc1cc(S(=O)(=O)N2CCC(NC(=O)Nc3ccccc3)CC2)ccc1F. The van der Waals surface area contributed by atoms with Crippen molar-refractivity contribution in [3.63, 3.8) is 0 Å². The van der Waals surface area contributed by atoms with E-state index in [1.54, 1.807) is 12.1 Å². The number of nitrogens with zero attached hydrogens (tertiary/aromatic N) is 1. The minimum absolute atomic E-state index is 0.0922. The fraction of sp³-hybridized carbons (Fsp3) is 0.316. The Hall–Kier alpha value is -2.45. The molecule has 2 N–H and O–H groups in total. The van der Waals surface area contributed by atoms with Gasteiger partial charge < -0.3 is 10.6 Å². The zero-order valence-electron chi connectivity index (χ0n) is 15.0. The first-order valence-electron chi connectivity index (χ1n) is 8.75. The van der Waals surface area contributed by atoms with Crippen LogP contribution in [0.4, 0.5) is 14.9 Å². The molecule has 1 saturated heterocycles. The number of hydrogen-bond acceptors (Lipinski definition) is 3. The predicted octanol–water partition coefficient (Wildman–Crippen LogP) is 3.11. The van der Waals surface area contributed by atoms with Gasteiger partial charge in [0.05, 0.1) is 4.90 Å². The minimum atomic E-state index is -3.66. The lowest BCUT2D eigenvalue weighted by molar-refractivity contribution is 0.238. The third-order valence-corrected chi connectivity index (χ3v) is 6.48. The molecule has 2 aromatic rings. The summed E-state index contributed by atoms with van der Waals surface area (Å²) < 4.78 is 40.2. The van der Waals surface area contributed by atoms with Gasteiger partial charge in [0.25, 0.3) is 0 Å². The molecule has 2 amide bonds. The van der Waals surface area contributed by atoms with Crippen molar-refractivity contribution in [2.75, 3.05) is 18.4 Å². The highest BCUT2D eigenvalue weighted by atomic mass is 32.2. The number of benzene rings is 2. The Kier molecular flexibility index (Phi) is 5.76. The van der Waals surface area contributed by atoms with Gasteiger partial charge in [-0.25, -0.2) is 17.6 Å². The van der Waals surface area contributed by atoms with Crippen LogP contribution in [0.25, 0.3) is 0 Å². The van der Waals surface area contributed by atoms with E-state index < -0.39 is 15.8 Å². The van der Waals surface area contributed by atoms with E-state index in [0.717, 1.165) is 0 Å². The molecule has 0 bridgehead atoms. The summed E-state index contributed by atoms with van der Waals surface area (Å²) in [7, 11) is -3.66. The van der Waals surface area contributed by atoms with Crippen LogP contribution in [0.1, 0.15) is 18.4 Å². The van der Waals surface area contributed by atoms with Crippen molar-refractivity contribution in [2.24, 2.45) is 0 Å². The Morgan fingerprint density at radius 3 is 2.41 bits per heavy atom. The maximum absolute atomic E-state index is 13.4. The molecular formula is C19H22FN3O3S. The molecule has 6 nitrogen and oxygen atoms in total. The second-order valence-electron chi connectivity index (χ2n) is 6.55. The first kappa shape index (κ1) is 19.3. The van der Waals surface area contributed by atoms with Crippen LogP contribution < -0.4 is 10.6 Å². The average molecular weight is 391 g/mol. The van der Waals surface area contributed by atoms with Crippen LogP contribution in [0.3, 0.4) is 0 Å². The van der Waals surface area contributed by atoms with Crippen molar-refractivity contribution < 1.29 is 17.6 Å². The zero-order valence-corrected chi connectivity index (χ0v) is 15.8. The zero-order chi connectivity index (χ0) is 19.4. The molecule has 0 spiro atoms. The molecule has 0 unspecified atom stereocenters. The molecule has 0 aliphatic carbocycles. The summed E-state index contributed by atoms with van der Waals surface area (Å²) in [6, 6.07) is 12.5. The highest BCUT2D eigenvalue weighted by Gasteiger charge is 2.30. The number of aryl methyl sites for hydroxylation is 1. The van der Waals surface area contributed by atoms with Gasteiger partial charge in [-0.05, 0) is 55.7 Å². The molecule has 0 radical (unpaired) electrons. The molecule has 1 aliphatic heterocycles. The topological polar surface area (TPSA) is 78.5 Å². The van der Waals surface area contributed by atoms with Gasteiger partial charge >= 0.3 is 6.03 Å². The first-order chi connectivity index (χ1) is 12.9. The lowest BCUT2D eigenvalue weighted by Gasteiger charge is -2.31. The van der Waals surface area contributed by atoms with Crippen LogP contribution in [0, 0.1) is 12.7 Å². The summed E-state index contributed by atoms with van der Waals surface area (Å²) in [6.07, 6.45) is 1.03. The number of para-hydroxylation sites is 1. The van der Waals surface area contributed by atoms with Crippen LogP contribution in [0.2, 0.25) is 0 Å². The largest absolute Gasteiger partial charge is 0.335 e. The first-order valence-corrected chi connectivity index (χ1v) is 10.2. The van der Waals surface area contributed by atoms with Gasteiger partial charge in [0.2, 0.25) is 10.0 Å². The highest BCUT2D eigenvalue weighted by Crippen LogP contribution is 2.22. The predicted molar refractivity (Wildman–Crippen MR) is 102 cm³/mol. The van der Waals surface area contributed by atoms with Crippen molar-refractivity contribution in [1.82, 2.24) is 9.62 Å². The van der Waals surface area contributed by atoms with E-state index in [-0.39, 0.29) is 17.0 Å². The minimum Gasteiger partial charge on any atom is -0.335 e. The quantitative estimate of drug-likeness (QED) is 0.841. The van der Waals surface area contributed by atoms with Crippen LogP contribution in [-0.4, -0.2) is 37.9 Å². The number of nitrogens with one attached hydrogen (secondary N) is 2. The number of sulfonamides is 1. The van der Waals surface area contributed by atoms with Crippen molar-refractivity contribution in [3.8, 4) is 0 Å². The lowest BCUT2D eigenvalue weighted by atomic mass is 10.1. The summed E-state index contributed by atoms with van der Waals surface area (Å²) in [4.78, 5) is 12.2. The normalized spacial score (nSPS) is 16.1. The van der Waals surface area contributed by atoms with Crippen molar-refractivity contribution >= 4 is 21.7 Å². The Labute approximate surface area is 158 Å². The van der Waals surface area contributed by atoms with E-state index in [9.17, 15) is 17.6 Å². The number of hydrogen-bond donors (Lipinski definition) is 2. The molecular weight excluding hydrogens is 369 g/mol. The van der Waals surface area contributed by atoms with E-state index in [1.807, 2.05) is 18.2 Å². The number of halogens is 1. The highest BCUT2D eigenvalue weighted by molar-refractivity contribution is 7.89. The fourth-order valence-corrected chi connectivity index (χ4v) is 4.60. The number of anilines is 1. The van der Waals surface area contributed by atoms with Crippen LogP contribution in [-0.2, 0) is 10.0 Å². The molecule has 1 fully saturated rings. The molecule has 0 aromatic heterocycles. The third-order valence-electron chi connectivity index (χ3n) is 4.59. The van der Waals surface area contributed by atoms with Crippen molar-refractivity contribution in [1.29, 1.82) is 0 Å². The standard InChI is InChI=1S/C19H22FN3O3S/c1-14-13-17(7-8-18(14)20)27(25,26)23-11-9-16(10-12-23)22-19(24)21-15-5-3-2-4-6-15/h2-8,13,16H,9-12H2,1H3,(H2,21,22,24). The summed E-state index contributed by atoms with van der Waals surface area (Å²) in [6.45, 7) is 2.14. The maximum atomic E-state index is 13.4. The molecule has 0 saturated carbocycles.